The minimum absolute atomic E-state index is 0.125. The van der Waals surface area contributed by atoms with Crippen molar-refractivity contribution in [3.63, 3.8) is 0 Å². The first-order valence-electron chi connectivity index (χ1n) is 4.03. The highest BCUT2D eigenvalue weighted by atomic mass is 79.9. The van der Waals surface area contributed by atoms with Crippen LogP contribution in [0.2, 0.25) is 0 Å². The molecule has 0 saturated heterocycles. The smallest absolute Gasteiger partial charge is 0.341 e. The third kappa shape index (κ3) is 1.82. The molecule has 0 aliphatic rings. The molecule has 2 aromatic heterocycles. The number of aromatic carboxylic acids is 1. The van der Waals surface area contributed by atoms with Crippen LogP contribution in [0.5, 0.6) is 0 Å². The number of hydrogen-bond donors (Lipinski definition) is 1. The second kappa shape index (κ2) is 3.79. The van der Waals surface area contributed by atoms with Gasteiger partial charge in [-0.05, 0) is 28.9 Å². The number of carboxylic acids is 1. The maximum atomic E-state index is 11.0. The fourth-order valence-corrected chi connectivity index (χ4v) is 2.40. The largest absolute Gasteiger partial charge is 0.477 e. The molecule has 0 bridgehead atoms. The Morgan fingerprint density at radius 3 is 2.93 bits per heavy atom. The molecule has 0 radical (unpaired) electrons. The van der Waals surface area contributed by atoms with Gasteiger partial charge >= 0.3 is 5.97 Å². The summed E-state index contributed by atoms with van der Waals surface area (Å²) in [5.74, 6) is -0.703. The molecule has 1 N–H and O–H groups in total. The zero-order valence-electron chi connectivity index (χ0n) is 7.65. The third-order valence-electron chi connectivity index (χ3n) is 1.92. The number of aryl methyl sites for hydroxylation is 1. The lowest BCUT2D eigenvalue weighted by Gasteiger charge is -1.92. The Balaban J connectivity index is 2.58. The van der Waals surface area contributed by atoms with E-state index in [1.165, 1.54) is 11.3 Å². The van der Waals surface area contributed by atoms with E-state index < -0.39 is 5.97 Å². The van der Waals surface area contributed by atoms with E-state index in [1.807, 2.05) is 11.4 Å². The molecule has 4 nitrogen and oxygen atoms in total. The monoisotopic (exact) mass is 287 g/mol. The van der Waals surface area contributed by atoms with Crippen LogP contribution in [0.1, 0.15) is 16.1 Å². The van der Waals surface area contributed by atoms with Gasteiger partial charge in [0, 0.05) is 10.9 Å². The van der Waals surface area contributed by atoms with Crippen molar-refractivity contribution in [1.82, 2.24) is 5.16 Å². The van der Waals surface area contributed by atoms with Gasteiger partial charge in [-0.15, -0.1) is 11.3 Å². The Morgan fingerprint density at radius 2 is 2.40 bits per heavy atom. The molecule has 6 heteroatoms. The van der Waals surface area contributed by atoms with E-state index in [1.54, 1.807) is 6.92 Å². The van der Waals surface area contributed by atoms with Gasteiger partial charge in [0.2, 0.25) is 0 Å². The van der Waals surface area contributed by atoms with Crippen LogP contribution < -0.4 is 0 Å². The Hall–Kier alpha value is -1.14. The lowest BCUT2D eigenvalue weighted by molar-refractivity contribution is 0.0696. The van der Waals surface area contributed by atoms with E-state index in [0.717, 1.165) is 9.35 Å². The molecule has 0 aliphatic carbocycles. The molecule has 0 fully saturated rings. The fourth-order valence-electron chi connectivity index (χ4n) is 1.26. The van der Waals surface area contributed by atoms with Crippen LogP contribution in [-0.4, -0.2) is 16.2 Å². The van der Waals surface area contributed by atoms with Gasteiger partial charge in [0.05, 0.1) is 3.79 Å². The molecule has 0 saturated carbocycles. The van der Waals surface area contributed by atoms with Crippen molar-refractivity contribution >= 4 is 33.2 Å². The van der Waals surface area contributed by atoms with Crippen LogP contribution >= 0.6 is 27.3 Å². The van der Waals surface area contributed by atoms with Gasteiger partial charge in [-0.3, -0.25) is 0 Å². The summed E-state index contributed by atoms with van der Waals surface area (Å²) in [4.78, 5) is 11.0. The summed E-state index contributed by atoms with van der Waals surface area (Å²) >= 11 is 4.78. The van der Waals surface area contributed by atoms with E-state index in [-0.39, 0.29) is 5.56 Å². The zero-order chi connectivity index (χ0) is 11.0. The van der Waals surface area contributed by atoms with Crippen molar-refractivity contribution in [1.29, 1.82) is 0 Å². The van der Waals surface area contributed by atoms with Crippen LogP contribution in [0.4, 0.5) is 0 Å². The molecule has 2 heterocycles. The number of carboxylic acid groups (broad SMARTS) is 1. The predicted molar refractivity (Wildman–Crippen MR) is 59.2 cm³/mol. The number of hydrogen-bond acceptors (Lipinski definition) is 4. The Labute approximate surface area is 97.6 Å². The van der Waals surface area contributed by atoms with Crippen LogP contribution in [0, 0.1) is 6.92 Å². The second-order valence-corrected chi connectivity index (χ2v) is 5.20. The Bertz CT molecular complexity index is 517. The van der Waals surface area contributed by atoms with Gasteiger partial charge in [-0.25, -0.2) is 4.79 Å². The lowest BCUT2D eigenvalue weighted by atomic mass is 10.1. The van der Waals surface area contributed by atoms with E-state index in [0.29, 0.717) is 11.5 Å². The summed E-state index contributed by atoms with van der Waals surface area (Å²) in [5.41, 5.74) is 1.25. The molecule has 0 aliphatic heterocycles. The van der Waals surface area contributed by atoms with Crippen molar-refractivity contribution in [2.24, 2.45) is 0 Å². The van der Waals surface area contributed by atoms with Crippen molar-refractivity contribution in [2.45, 2.75) is 6.92 Å². The number of carbonyl (C=O) groups is 1. The summed E-state index contributed by atoms with van der Waals surface area (Å²) in [7, 11) is 0. The molecule has 78 valence electrons. The SMILES string of the molecule is Cc1onc(-c2csc(Br)c2)c1C(=O)O. The predicted octanol–water partition coefficient (Wildman–Crippen LogP) is 3.17. The van der Waals surface area contributed by atoms with Gasteiger partial charge in [0.25, 0.3) is 0 Å². The van der Waals surface area contributed by atoms with Gasteiger partial charge in [0.1, 0.15) is 17.0 Å². The molecule has 2 aromatic rings. The van der Waals surface area contributed by atoms with E-state index in [2.05, 4.69) is 21.1 Å². The van der Waals surface area contributed by atoms with E-state index >= 15 is 0 Å². The Morgan fingerprint density at radius 1 is 1.67 bits per heavy atom. The quantitative estimate of drug-likeness (QED) is 0.921. The maximum absolute atomic E-state index is 11.0. The molecule has 0 aromatic carbocycles. The molecule has 0 unspecified atom stereocenters. The van der Waals surface area contributed by atoms with Crippen molar-refractivity contribution in [3.8, 4) is 11.3 Å². The zero-order valence-corrected chi connectivity index (χ0v) is 10.1. The maximum Gasteiger partial charge on any atom is 0.341 e. The topological polar surface area (TPSA) is 63.3 Å². The molecular formula is C9H6BrNO3S. The molecule has 0 atom stereocenters. The summed E-state index contributed by atoms with van der Waals surface area (Å²) in [5, 5.41) is 14.6. The third-order valence-corrected chi connectivity index (χ3v) is 3.42. The molecule has 15 heavy (non-hydrogen) atoms. The standard InChI is InChI=1S/C9H6BrNO3S/c1-4-7(9(12)13)8(11-14-4)5-2-6(10)15-3-5/h2-3H,1H3,(H,12,13). The summed E-state index contributed by atoms with van der Waals surface area (Å²) in [6.07, 6.45) is 0. The first-order valence-corrected chi connectivity index (χ1v) is 5.71. The molecule has 2 rings (SSSR count). The van der Waals surface area contributed by atoms with Crippen molar-refractivity contribution < 1.29 is 14.4 Å². The van der Waals surface area contributed by atoms with E-state index in [4.69, 9.17) is 9.63 Å². The molecule has 0 amide bonds. The average molecular weight is 288 g/mol. The van der Waals surface area contributed by atoms with Gasteiger partial charge < -0.3 is 9.63 Å². The number of halogens is 1. The number of aromatic nitrogens is 1. The minimum atomic E-state index is -1.02. The highest BCUT2D eigenvalue weighted by molar-refractivity contribution is 9.11. The Kier molecular flexibility index (Phi) is 2.62. The van der Waals surface area contributed by atoms with Crippen LogP contribution in [0.25, 0.3) is 11.3 Å². The van der Waals surface area contributed by atoms with Crippen LogP contribution in [0.3, 0.4) is 0 Å². The van der Waals surface area contributed by atoms with Crippen molar-refractivity contribution in [2.75, 3.05) is 0 Å². The molecular weight excluding hydrogens is 282 g/mol. The number of nitrogens with zero attached hydrogens (tertiary/aromatic N) is 1. The van der Waals surface area contributed by atoms with Crippen LogP contribution in [-0.2, 0) is 0 Å². The second-order valence-electron chi connectivity index (χ2n) is 2.91. The number of thiophene rings is 1. The van der Waals surface area contributed by atoms with Gasteiger partial charge in [-0.2, -0.15) is 0 Å². The van der Waals surface area contributed by atoms with Gasteiger partial charge in [0.15, 0.2) is 0 Å². The lowest BCUT2D eigenvalue weighted by Crippen LogP contribution is -1.98. The summed E-state index contributed by atoms with van der Waals surface area (Å²) in [6, 6.07) is 1.81. The highest BCUT2D eigenvalue weighted by Crippen LogP contribution is 2.31. The fraction of sp³-hybridized carbons (Fsp3) is 0.111. The van der Waals surface area contributed by atoms with Crippen LogP contribution in [0.15, 0.2) is 19.8 Å². The average Bonchev–Trinajstić information content (AvgIpc) is 2.71. The van der Waals surface area contributed by atoms with Crippen molar-refractivity contribution in [3.05, 3.63) is 26.6 Å². The van der Waals surface area contributed by atoms with Gasteiger partial charge in [-0.1, -0.05) is 5.16 Å². The normalized spacial score (nSPS) is 10.5. The van der Waals surface area contributed by atoms with E-state index in [9.17, 15) is 4.79 Å². The summed E-state index contributed by atoms with van der Waals surface area (Å²) in [6.45, 7) is 1.58. The summed E-state index contributed by atoms with van der Waals surface area (Å²) < 4.78 is 5.80. The minimum Gasteiger partial charge on any atom is -0.477 e. The first-order chi connectivity index (χ1) is 7.09. The first kappa shape index (κ1) is 10.4. The number of rotatable bonds is 2. The molecule has 0 spiro atoms. The highest BCUT2D eigenvalue weighted by Gasteiger charge is 2.21.